The lowest BCUT2D eigenvalue weighted by Gasteiger charge is -2.06. The minimum atomic E-state index is 0.440. The number of ether oxygens (including phenoxy) is 1. The summed E-state index contributed by atoms with van der Waals surface area (Å²) in [7, 11) is 0. The largest absolute Gasteiger partial charge is 0.493 e. The summed E-state index contributed by atoms with van der Waals surface area (Å²) in [6.07, 6.45) is 2.63. The van der Waals surface area contributed by atoms with Gasteiger partial charge in [0.05, 0.1) is 12.3 Å². The molecule has 0 unspecified atom stereocenters. The number of rotatable bonds is 5. The summed E-state index contributed by atoms with van der Waals surface area (Å²) >= 11 is 0. The van der Waals surface area contributed by atoms with Gasteiger partial charge in [0.25, 0.3) is 0 Å². The van der Waals surface area contributed by atoms with Gasteiger partial charge in [0.2, 0.25) is 0 Å². The second-order valence-corrected chi connectivity index (χ2v) is 3.77. The molecule has 1 aromatic carbocycles. The van der Waals surface area contributed by atoms with Gasteiger partial charge < -0.3 is 10.5 Å². The molecule has 3 nitrogen and oxygen atoms in total. The number of nitrogens with two attached hydrogens (primary N) is 1. The zero-order valence-corrected chi connectivity index (χ0v) is 9.67. The Balaban J connectivity index is 1.86. The first-order valence-corrected chi connectivity index (χ1v) is 5.70. The van der Waals surface area contributed by atoms with Gasteiger partial charge in [-0.1, -0.05) is 30.3 Å². The lowest BCUT2D eigenvalue weighted by atomic mass is 10.2. The van der Waals surface area contributed by atoms with Crippen LogP contribution >= 0.6 is 0 Å². The predicted molar refractivity (Wildman–Crippen MR) is 67.8 cm³/mol. The summed E-state index contributed by atoms with van der Waals surface area (Å²) in [6.45, 7) is 1.11. The highest BCUT2D eigenvalue weighted by molar-refractivity contribution is 5.22. The van der Waals surface area contributed by atoms with Gasteiger partial charge in [-0.15, -0.1) is 0 Å². The van der Waals surface area contributed by atoms with Crippen molar-refractivity contribution in [2.45, 2.75) is 13.0 Å². The van der Waals surface area contributed by atoms with Crippen LogP contribution in [-0.4, -0.2) is 11.6 Å². The lowest BCUT2D eigenvalue weighted by molar-refractivity contribution is 0.321. The van der Waals surface area contributed by atoms with E-state index in [9.17, 15) is 0 Å². The molecule has 0 aliphatic carbocycles. The van der Waals surface area contributed by atoms with Crippen molar-refractivity contribution in [1.82, 2.24) is 4.98 Å². The van der Waals surface area contributed by atoms with Gasteiger partial charge in [-0.3, -0.25) is 4.98 Å². The van der Waals surface area contributed by atoms with Crippen LogP contribution in [0, 0.1) is 0 Å². The number of hydrogen-bond acceptors (Lipinski definition) is 3. The number of benzene rings is 1. The van der Waals surface area contributed by atoms with Crippen molar-refractivity contribution in [1.29, 1.82) is 0 Å². The van der Waals surface area contributed by atoms with E-state index in [2.05, 4.69) is 17.1 Å². The van der Waals surface area contributed by atoms with E-state index in [1.165, 1.54) is 5.56 Å². The summed E-state index contributed by atoms with van der Waals surface area (Å²) in [5, 5.41) is 0. The van der Waals surface area contributed by atoms with Gasteiger partial charge >= 0.3 is 0 Å². The zero-order valence-electron chi connectivity index (χ0n) is 9.67. The van der Waals surface area contributed by atoms with Gasteiger partial charge in [-0.25, -0.2) is 0 Å². The fourth-order valence-electron chi connectivity index (χ4n) is 1.59. The molecule has 0 amide bonds. The van der Waals surface area contributed by atoms with Gasteiger partial charge in [0.15, 0.2) is 0 Å². The van der Waals surface area contributed by atoms with E-state index < -0.39 is 0 Å². The van der Waals surface area contributed by atoms with Crippen molar-refractivity contribution in [3.05, 3.63) is 59.9 Å². The molecule has 2 N–H and O–H groups in total. The van der Waals surface area contributed by atoms with Crippen LogP contribution in [-0.2, 0) is 13.0 Å². The SMILES string of the molecule is NCc1cc(OCCc2ccccc2)ccn1. The molecule has 17 heavy (non-hydrogen) atoms. The third-order valence-corrected chi connectivity index (χ3v) is 2.50. The molecular weight excluding hydrogens is 212 g/mol. The van der Waals surface area contributed by atoms with Gasteiger partial charge in [0.1, 0.15) is 5.75 Å². The molecule has 88 valence electrons. The Morgan fingerprint density at radius 2 is 1.94 bits per heavy atom. The van der Waals surface area contributed by atoms with Crippen molar-refractivity contribution in [2.75, 3.05) is 6.61 Å². The Bertz CT molecular complexity index is 457. The fraction of sp³-hybridized carbons (Fsp3) is 0.214. The highest BCUT2D eigenvalue weighted by Crippen LogP contribution is 2.11. The number of hydrogen-bond donors (Lipinski definition) is 1. The molecule has 0 bridgehead atoms. The quantitative estimate of drug-likeness (QED) is 0.853. The highest BCUT2D eigenvalue weighted by atomic mass is 16.5. The van der Waals surface area contributed by atoms with E-state index in [-0.39, 0.29) is 0 Å². The topological polar surface area (TPSA) is 48.1 Å². The second kappa shape index (κ2) is 6.01. The Hall–Kier alpha value is -1.87. The summed E-state index contributed by atoms with van der Waals surface area (Å²) < 4.78 is 5.66. The molecule has 0 saturated heterocycles. The summed E-state index contributed by atoms with van der Waals surface area (Å²) in [4.78, 5) is 4.12. The smallest absolute Gasteiger partial charge is 0.122 e. The van der Waals surface area contributed by atoms with E-state index in [0.717, 1.165) is 17.9 Å². The normalized spacial score (nSPS) is 10.2. The maximum absolute atomic E-state index is 5.66. The van der Waals surface area contributed by atoms with Gasteiger partial charge in [-0.2, -0.15) is 0 Å². The molecule has 0 spiro atoms. The molecule has 0 atom stereocenters. The van der Waals surface area contributed by atoms with Crippen LogP contribution in [0.4, 0.5) is 0 Å². The third-order valence-electron chi connectivity index (χ3n) is 2.50. The monoisotopic (exact) mass is 228 g/mol. The van der Waals surface area contributed by atoms with Crippen molar-refractivity contribution in [2.24, 2.45) is 5.73 Å². The lowest BCUT2D eigenvalue weighted by Crippen LogP contribution is -2.03. The molecule has 2 aromatic rings. The standard InChI is InChI=1S/C14H16N2O/c15-11-13-10-14(6-8-16-13)17-9-7-12-4-2-1-3-5-12/h1-6,8,10H,7,9,11,15H2. The molecular formula is C14H16N2O. The molecule has 0 fully saturated rings. The average molecular weight is 228 g/mol. The Kier molecular flexibility index (Phi) is 4.11. The summed E-state index contributed by atoms with van der Waals surface area (Å²) in [5.41, 5.74) is 7.65. The van der Waals surface area contributed by atoms with E-state index >= 15 is 0 Å². The first kappa shape index (κ1) is 11.6. The summed E-state index contributed by atoms with van der Waals surface area (Å²) in [5.74, 6) is 0.830. The molecule has 1 aromatic heterocycles. The first-order valence-electron chi connectivity index (χ1n) is 5.70. The maximum atomic E-state index is 5.66. The van der Waals surface area contributed by atoms with Crippen LogP contribution in [0.2, 0.25) is 0 Å². The van der Waals surface area contributed by atoms with Crippen LogP contribution in [0.15, 0.2) is 48.7 Å². The van der Waals surface area contributed by atoms with Crippen molar-refractivity contribution in [3.8, 4) is 5.75 Å². The van der Waals surface area contributed by atoms with Crippen LogP contribution in [0.5, 0.6) is 5.75 Å². The van der Waals surface area contributed by atoms with Crippen LogP contribution in [0.25, 0.3) is 0 Å². The van der Waals surface area contributed by atoms with E-state index in [1.807, 2.05) is 30.3 Å². The minimum absolute atomic E-state index is 0.440. The number of nitrogens with zero attached hydrogens (tertiary/aromatic N) is 1. The Morgan fingerprint density at radius 3 is 2.71 bits per heavy atom. The number of aromatic nitrogens is 1. The van der Waals surface area contributed by atoms with E-state index in [0.29, 0.717) is 13.2 Å². The Labute approximate surface area is 101 Å². The van der Waals surface area contributed by atoms with Gasteiger partial charge in [0, 0.05) is 25.2 Å². The van der Waals surface area contributed by atoms with E-state index in [1.54, 1.807) is 6.20 Å². The molecule has 2 rings (SSSR count). The van der Waals surface area contributed by atoms with Crippen LogP contribution < -0.4 is 10.5 Å². The highest BCUT2D eigenvalue weighted by Gasteiger charge is 1.97. The van der Waals surface area contributed by atoms with Crippen molar-refractivity contribution in [3.63, 3.8) is 0 Å². The molecule has 3 heteroatoms. The molecule has 0 radical (unpaired) electrons. The van der Waals surface area contributed by atoms with Crippen LogP contribution in [0.1, 0.15) is 11.3 Å². The van der Waals surface area contributed by atoms with E-state index in [4.69, 9.17) is 10.5 Å². The molecule has 0 aliphatic rings. The zero-order chi connectivity index (χ0) is 11.9. The molecule has 0 saturated carbocycles. The maximum Gasteiger partial charge on any atom is 0.122 e. The summed E-state index contributed by atoms with van der Waals surface area (Å²) in [6, 6.07) is 14.0. The van der Waals surface area contributed by atoms with Crippen molar-refractivity contribution >= 4 is 0 Å². The van der Waals surface area contributed by atoms with Gasteiger partial charge in [-0.05, 0) is 11.6 Å². The van der Waals surface area contributed by atoms with Crippen LogP contribution in [0.3, 0.4) is 0 Å². The predicted octanol–water partition coefficient (Wildman–Crippen LogP) is 2.16. The molecule has 0 aliphatic heterocycles. The van der Waals surface area contributed by atoms with Crippen molar-refractivity contribution < 1.29 is 4.74 Å². The average Bonchev–Trinajstić information content (AvgIpc) is 2.40. The molecule has 1 heterocycles. The first-order chi connectivity index (χ1) is 8.38. The second-order valence-electron chi connectivity index (χ2n) is 3.77. The number of pyridine rings is 1. The third kappa shape index (κ3) is 3.57. The Morgan fingerprint density at radius 1 is 1.12 bits per heavy atom. The fourth-order valence-corrected chi connectivity index (χ4v) is 1.59. The minimum Gasteiger partial charge on any atom is -0.493 e.